The van der Waals surface area contributed by atoms with Crippen molar-refractivity contribution in [1.82, 2.24) is 0 Å². The van der Waals surface area contributed by atoms with E-state index in [2.05, 4.69) is 13.8 Å². The Hall–Kier alpha value is -1.70. The summed E-state index contributed by atoms with van der Waals surface area (Å²) in [4.78, 5) is 23.9. The second-order valence-corrected chi connectivity index (χ2v) is 9.22. The van der Waals surface area contributed by atoms with Crippen LogP contribution >= 0.6 is 0 Å². The molecule has 1 N–H and O–H groups in total. The van der Waals surface area contributed by atoms with Crippen molar-refractivity contribution in [3.63, 3.8) is 0 Å². The number of epoxide rings is 2. The Bertz CT molecular complexity index is 645. The topological polar surface area (TPSA) is 97.9 Å². The molecule has 2 rings (SSSR count). The van der Waals surface area contributed by atoms with Gasteiger partial charge < -0.3 is 24.1 Å². The number of carbonyl (C=O) groups excluding carboxylic acids is 2. The molecule has 0 saturated carbocycles. The van der Waals surface area contributed by atoms with Crippen LogP contribution in [0.4, 0.5) is 0 Å². The molecule has 0 aromatic heterocycles. The quantitative estimate of drug-likeness (QED) is 0.116. The summed E-state index contributed by atoms with van der Waals surface area (Å²) >= 11 is 0. The average molecular weight is 481 g/mol. The van der Waals surface area contributed by atoms with Crippen molar-refractivity contribution in [1.29, 1.82) is 0 Å². The predicted molar refractivity (Wildman–Crippen MR) is 130 cm³/mol. The van der Waals surface area contributed by atoms with Gasteiger partial charge in [-0.25, -0.2) is 0 Å². The fraction of sp³-hybridized carbons (Fsp3) is 0.778. The van der Waals surface area contributed by atoms with Crippen molar-refractivity contribution in [2.24, 2.45) is 0 Å². The minimum absolute atomic E-state index is 0.114. The van der Waals surface area contributed by atoms with Gasteiger partial charge in [0.25, 0.3) is 0 Å². The molecule has 0 amide bonds. The van der Waals surface area contributed by atoms with Crippen molar-refractivity contribution in [2.45, 2.75) is 121 Å². The molecule has 0 bridgehead atoms. The summed E-state index contributed by atoms with van der Waals surface area (Å²) < 4.78 is 21.6. The minimum Gasteiger partial charge on any atom is -0.461 e. The van der Waals surface area contributed by atoms with E-state index in [1.54, 1.807) is 12.2 Å². The number of unbranched alkanes of at least 4 members (excludes halogenated alkanes) is 4. The summed E-state index contributed by atoms with van der Waals surface area (Å²) in [5.74, 6) is -0.875. The zero-order valence-electron chi connectivity index (χ0n) is 21.0. The van der Waals surface area contributed by atoms with Gasteiger partial charge in [-0.1, -0.05) is 76.7 Å². The van der Waals surface area contributed by atoms with Gasteiger partial charge in [-0.2, -0.15) is 0 Å². The molecule has 7 heteroatoms. The fourth-order valence-corrected chi connectivity index (χ4v) is 3.89. The molecule has 34 heavy (non-hydrogen) atoms. The summed E-state index contributed by atoms with van der Waals surface area (Å²) in [6.07, 6.45) is 19.2. The molecular weight excluding hydrogens is 436 g/mol. The highest BCUT2D eigenvalue weighted by molar-refractivity contribution is 5.72. The van der Waals surface area contributed by atoms with Gasteiger partial charge in [0.1, 0.15) is 6.61 Å². The number of hydrogen-bond acceptors (Lipinski definition) is 7. The van der Waals surface area contributed by atoms with E-state index in [9.17, 15) is 14.7 Å². The Labute approximate surface area is 204 Å². The second-order valence-electron chi connectivity index (χ2n) is 9.22. The molecule has 2 saturated heterocycles. The molecule has 5 atom stereocenters. The van der Waals surface area contributed by atoms with E-state index < -0.39 is 24.6 Å². The van der Waals surface area contributed by atoms with E-state index in [1.807, 2.05) is 12.2 Å². The van der Waals surface area contributed by atoms with E-state index >= 15 is 0 Å². The highest BCUT2D eigenvalue weighted by Gasteiger charge is 2.37. The molecule has 0 aliphatic carbocycles. The van der Waals surface area contributed by atoms with Gasteiger partial charge in [0, 0.05) is 0 Å². The number of carbonyl (C=O) groups is 2. The molecule has 194 valence electrons. The molecule has 5 unspecified atom stereocenters. The first-order chi connectivity index (χ1) is 16.6. The van der Waals surface area contributed by atoms with Gasteiger partial charge in [-0.3, -0.25) is 9.59 Å². The van der Waals surface area contributed by atoms with Crippen LogP contribution in [-0.4, -0.2) is 60.8 Å². The molecular formula is C27H44O7. The smallest absolute Gasteiger partial charge is 0.310 e. The summed E-state index contributed by atoms with van der Waals surface area (Å²) in [7, 11) is 0. The first-order valence-electron chi connectivity index (χ1n) is 13.1. The average Bonchev–Trinajstić information content (AvgIpc) is 3.75. The predicted octanol–water partition coefficient (Wildman–Crippen LogP) is 4.80. The molecule has 0 aromatic carbocycles. The van der Waals surface area contributed by atoms with Gasteiger partial charge >= 0.3 is 11.9 Å². The maximum atomic E-state index is 12.0. The van der Waals surface area contributed by atoms with Crippen LogP contribution in [0.5, 0.6) is 0 Å². The lowest BCUT2D eigenvalue weighted by Crippen LogP contribution is -2.28. The van der Waals surface area contributed by atoms with E-state index in [0.717, 1.165) is 25.7 Å². The lowest BCUT2D eigenvalue weighted by atomic mass is 10.1. The Morgan fingerprint density at radius 1 is 0.794 bits per heavy atom. The normalized spacial score (nSPS) is 24.4. The summed E-state index contributed by atoms with van der Waals surface area (Å²) in [6.45, 7) is 3.82. The summed E-state index contributed by atoms with van der Waals surface area (Å²) in [6, 6.07) is 0. The highest BCUT2D eigenvalue weighted by Crippen LogP contribution is 2.31. The molecule has 2 aliphatic rings. The van der Waals surface area contributed by atoms with E-state index in [4.69, 9.17) is 18.9 Å². The Kier molecular flexibility index (Phi) is 14.1. The Morgan fingerprint density at radius 3 is 1.82 bits per heavy atom. The van der Waals surface area contributed by atoms with Crippen molar-refractivity contribution in [3.05, 3.63) is 24.3 Å². The van der Waals surface area contributed by atoms with Crippen LogP contribution in [0.15, 0.2) is 24.3 Å². The number of esters is 2. The van der Waals surface area contributed by atoms with Crippen LogP contribution in [0.25, 0.3) is 0 Å². The molecule has 0 aromatic rings. The largest absolute Gasteiger partial charge is 0.461 e. The van der Waals surface area contributed by atoms with Crippen LogP contribution in [0, 0.1) is 0 Å². The third-order valence-electron chi connectivity index (χ3n) is 6.13. The van der Waals surface area contributed by atoms with Crippen molar-refractivity contribution >= 4 is 11.9 Å². The van der Waals surface area contributed by atoms with Crippen LogP contribution < -0.4 is 0 Å². The van der Waals surface area contributed by atoms with Crippen molar-refractivity contribution < 1.29 is 33.6 Å². The molecule has 7 nitrogen and oxygen atoms in total. The van der Waals surface area contributed by atoms with Crippen LogP contribution in [0.2, 0.25) is 0 Å². The first kappa shape index (κ1) is 28.5. The first-order valence-corrected chi connectivity index (χ1v) is 13.1. The van der Waals surface area contributed by atoms with Gasteiger partial charge in [0.15, 0.2) is 6.10 Å². The summed E-state index contributed by atoms with van der Waals surface area (Å²) in [5, 5.41) is 9.41. The van der Waals surface area contributed by atoms with E-state index in [1.165, 1.54) is 38.5 Å². The lowest BCUT2D eigenvalue weighted by molar-refractivity contribution is -0.160. The van der Waals surface area contributed by atoms with Crippen molar-refractivity contribution in [3.8, 4) is 0 Å². The molecule has 2 aliphatic heterocycles. The van der Waals surface area contributed by atoms with Gasteiger partial charge in [0.05, 0.1) is 43.9 Å². The maximum absolute atomic E-state index is 12.0. The third kappa shape index (κ3) is 12.7. The van der Waals surface area contributed by atoms with Gasteiger partial charge in [-0.05, 0) is 25.7 Å². The third-order valence-corrected chi connectivity index (χ3v) is 6.13. The monoisotopic (exact) mass is 480 g/mol. The number of ether oxygens (including phenoxy) is 4. The number of hydrogen-bond donors (Lipinski definition) is 1. The molecule has 0 radical (unpaired) electrons. The Balaban J connectivity index is 1.48. The second kappa shape index (κ2) is 16.8. The number of aliphatic hydroxyl groups excluding tert-OH is 1. The lowest BCUT2D eigenvalue weighted by Gasteiger charge is -2.15. The van der Waals surface area contributed by atoms with E-state index in [0.29, 0.717) is 12.2 Å². The highest BCUT2D eigenvalue weighted by atomic mass is 16.6. The molecule has 2 fully saturated rings. The van der Waals surface area contributed by atoms with Gasteiger partial charge in [-0.15, -0.1) is 0 Å². The Morgan fingerprint density at radius 2 is 1.32 bits per heavy atom. The number of aliphatic hydroxyl groups is 1. The fourth-order valence-electron chi connectivity index (χ4n) is 3.89. The standard InChI is InChI=1S/C27H44O7/c1-3-5-7-13-22-24(33-22)15-9-11-17-26(29)31-20-21(19-28)32-27(30)18-12-10-16-25-23(34-25)14-8-6-4-2/h9-12,21-25,28H,3-8,13-20H2,1-2H3/b11-9+,12-10+. The van der Waals surface area contributed by atoms with Crippen LogP contribution in [-0.2, 0) is 28.5 Å². The maximum Gasteiger partial charge on any atom is 0.310 e. The molecule has 2 heterocycles. The van der Waals surface area contributed by atoms with Crippen molar-refractivity contribution in [2.75, 3.05) is 13.2 Å². The SMILES string of the molecule is CCCCCC1OC1C/C=C/CC(=O)OCC(CO)OC(=O)C/C=C/CC1OC1CCCCC. The zero-order valence-corrected chi connectivity index (χ0v) is 21.0. The van der Waals surface area contributed by atoms with Crippen LogP contribution in [0.1, 0.15) is 90.9 Å². The zero-order chi connectivity index (χ0) is 24.6. The summed E-state index contributed by atoms with van der Waals surface area (Å²) in [5.41, 5.74) is 0. The van der Waals surface area contributed by atoms with E-state index in [-0.39, 0.29) is 31.7 Å². The minimum atomic E-state index is -0.854. The molecule has 0 spiro atoms. The van der Waals surface area contributed by atoms with Gasteiger partial charge in [0.2, 0.25) is 0 Å². The number of rotatable bonds is 20. The van der Waals surface area contributed by atoms with Crippen LogP contribution in [0.3, 0.4) is 0 Å².